The highest BCUT2D eigenvalue weighted by Gasteiger charge is 2.40. The molecule has 2 aliphatic rings. The van der Waals surface area contributed by atoms with Crippen LogP contribution in [0.25, 0.3) is 5.52 Å². The SMILES string of the molecule is Cc1cc(OCc2c(F)cccc2F)n2nc(C)c(C(=O)NC3CCC4NCCC43)c2c1. The van der Waals surface area contributed by atoms with Gasteiger partial charge in [0.05, 0.1) is 22.3 Å². The van der Waals surface area contributed by atoms with Crippen LogP contribution < -0.4 is 15.4 Å². The number of pyridine rings is 1. The van der Waals surface area contributed by atoms with Crippen molar-refractivity contribution >= 4 is 11.4 Å². The summed E-state index contributed by atoms with van der Waals surface area (Å²) >= 11 is 0. The molecule has 5 rings (SSSR count). The zero-order valence-corrected chi connectivity index (χ0v) is 18.1. The number of benzene rings is 1. The Kier molecular flexibility index (Phi) is 5.33. The van der Waals surface area contributed by atoms with Crippen LogP contribution in [0.5, 0.6) is 5.88 Å². The predicted octanol–water partition coefficient (Wildman–Crippen LogP) is 3.68. The summed E-state index contributed by atoms with van der Waals surface area (Å²) in [4.78, 5) is 13.3. The van der Waals surface area contributed by atoms with Crippen LogP contribution in [-0.2, 0) is 6.61 Å². The highest BCUT2D eigenvalue weighted by molar-refractivity contribution is 6.02. The molecule has 0 bridgehead atoms. The van der Waals surface area contributed by atoms with E-state index >= 15 is 0 Å². The van der Waals surface area contributed by atoms with E-state index < -0.39 is 11.6 Å². The number of hydrogen-bond acceptors (Lipinski definition) is 4. The number of hydrogen-bond donors (Lipinski definition) is 2. The third kappa shape index (κ3) is 3.62. The standard InChI is InChI=1S/C24H26F2N4O2/c1-13-10-21-23(24(31)28-20-7-6-19-15(20)8-9-27-19)14(2)29-30(21)22(11-13)32-12-16-17(25)4-3-5-18(16)26/h3-5,10-11,15,19-20,27H,6-9,12H2,1-2H3,(H,28,31). The van der Waals surface area contributed by atoms with Crippen LogP contribution in [0.2, 0.25) is 0 Å². The summed E-state index contributed by atoms with van der Waals surface area (Å²) in [6.45, 7) is 4.38. The smallest absolute Gasteiger partial charge is 0.255 e. The predicted molar refractivity (Wildman–Crippen MR) is 116 cm³/mol. The van der Waals surface area contributed by atoms with Gasteiger partial charge in [-0.1, -0.05) is 6.07 Å². The van der Waals surface area contributed by atoms with Gasteiger partial charge in [0.25, 0.3) is 5.91 Å². The molecule has 2 aromatic heterocycles. The second-order valence-electron chi connectivity index (χ2n) is 8.79. The summed E-state index contributed by atoms with van der Waals surface area (Å²) in [5, 5.41) is 11.2. The fourth-order valence-corrected chi connectivity index (χ4v) is 5.14. The second kappa shape index (κ2) is 8.16. The number of aromatic nitrogens is 2. The van der Waals surface area contributed by atoms with Gasteiger partial charge < -0.3 is 15.4 Å². The van der Waals surface area contributed by atoms with E-state index in [1.54, 1.807) is 13.0 Å². The molecule has 6 nitrogen and oxygen atoms in total. The first-order valence-corrected chi connectivity index (χ1v) is 11.0. The summed E-state index contributed by atoms with van der Waals surface area (Å²) < 4.78 is 35.3. The lowest BCUT2D eigenvalue weighted by Gasteiger charge is -2.19. The zero-order chi connectivity index (χ0) is 22.4. The van der Waals surface area contributed by atoms with Gasteiger partial charge in [-0.2, -0.15) is 9.61 Å². The molecular formula is C24H26F2N4O2. The Morgan fingerprint density at radius 3 is 2.78 bits per heavy atom. The molecule has 2 fully saturated rings. The third-order valence-electron chi connectivity index (χ3n) is 6.70. The molecule has 1 aromatic carbocycles. The minimum atomic E-state index is -0.665. The number of fused-ring (bicyclic) bond motifs is 2. The minimum absolute atomic E-state index is 0.147. The zero-order valence-electron chi connectivity index (χ0n) is 18.1. The van der Waals surface area contributed by atoms with Crippen molar-refractivity contribution in [2.45, 2.75) is 51.8 Å². The molecule has 1 amide bonds. The van der Waals surface area contributed by atoms with Crippen molar-refractivity contribution in [2.75, 3.05) is 6.54 Å². The maximum absolute atomic E-state index is 14.0. The highest BCUT2D eigenvalue weighted by atomic mass is 19.1. The summed E-state index contributed by atoms with van der Waals surface area (Å²) in [5.74, 6) is -0.682. The van der Waals surface area contributed by atoms with Crippen LogP contribution in [0.1, 0.15) is 46.4 Å². The first-order valence-electron chi connectivity index (χ1n) is 11.0. The van der Waals surface area contributed by atoms with Crippen molar-refractivity contribution in [3.8, 4) is 5.88 Å². The van der Waals surface area contributed by atoms with Gasteiger partial charge in [0, 0.05) is 18.2 Å². The first-order chi connectivity index (χ1) is 15.4. The van der Waals surface area contributed by atoms with E-state index in [1.807, 2.05) is 13.0 Å². The maximum Gasteiger partial charge on any atom is 0.255 e. The summed E-state index contributed by atoms with van der Waals surface area (Å²) in [5.41, 5.74) is 2.41. The number of carbonyl (C=O) groups excluding carboxylic acids is 1. The Labute approximate surface area is 185 Å². The monoisotopic (exact) mass is 440 g/mol. The number of rotatable bonds is 5. The number of nitrogens with one attached hydrogen (secondary N) is 2. The molecule has 1 aliphatic carbocycles. The molecule has 3 heterocycles. The minimum Gasteiger partial charge on any atom is -0.473 e. The van der Waals surface area contributed by atoms with Gasteiger partial charge >= 0.3 is 0 Å². The molecule has 2 N–H and O–H groups in total. The van der Waals surface area contributed by atoms with E-state index in [9.17, 15) is 13.6 Å². The van der Waals surface area contributed by atoms with Crippen molar-refractivity contribution in [3.63, 3.8) is 0 Å². The molecular weight excluding hydrogens is 414 g/mol. The fourth-order valence-electron chi connectivity index (χ4n) is 5.14. The Morgan fingerprint density at radius 2 is 2.00 bits per heavy atom. The van der Waals surface area contributed by atoms with Crippen LogP contribution >= 0.6 is 0 Å². The quantitative estimate of drug-likeness (QED) is 0.635. The van der Waals surface area contributed by atoms with Crippen molar-refractivity contribution in [1.82, 2.24) is 20.2 Å². The van der Waals surface area contributed by atoms with Crippen LogP contribution in [-0.4, -0.2) is 34.1 Å². The van der Waals surface area contributed by atoms with Crippen LogP contribution in [0.3, 0.4) is 0 Å². The molecule has 168 valence electrons. The molecule has 1 aliphatic heterocycles. The highest BCUT2D eigenvalue weighted by Crippen LogP contribution is 2.33. The number of aryl methyl sites for hydroxylation is 2. The summed E-state index contributed by atoms with van der Waals surface area (Å²) in [6.07, 6.45) is 3.12. The maximum atomic E-state index is 14.0. The van der Waals surface area contributed by atoms with Gasteiger partial charge in [-0.05, 0) is 69.3 Å². The van der Waals surface area contributed by atoms with Crippen LogP contribution in [0.15, 0.2) is 30.3 Å². The molecule has 0 radical (unpaired) electrons. The Bertz CT molecular complexity index is 1170. The molecule has 0 spiro atoms. The molecule has 8 heteroatoms. The van der Waals surface area contributed by atoms with Crippen LogP contribution in [0, 0.1) is 31.4 Å². The summed E-state index contributed by atoms with van der Waals surface area (Å²) in [6, 6.07) is 7.97. The van der Waals surface area contributed by atoms with E-state index in [-0.39, 0.29) is 24.1 Å². The van der Waals surface area contributed by atoms with Gasteiger partial charge in [-0.3, -0.25) is 4.79 Å². The first kappa shape index (κ1) is 20.9. The van der Waals surface area contributed by atoms with E-state index in [0.717, 1.165) is 31.4 Å². The average molecular weight is 440 g/mol. The van der Waals surface area contributed by atoms with Gasteiger partial charge in [-0.15, -0.1) is 0 Å². The second-order valence-corrected chi connectivity index (χ2v) is 8.79. The van der Waals surface area contributed by atoms with Crippen molar-refractivity contribution < 1.29 is 18.3 Å². The Morgan fingerprint density at radius 1 is 1.22 bits per heavy atom. The largest absolute Gasteiger partial charge is 0.473 e. The Hall–Kier alpha value is -3.00. The van der Waals surface area contributed by atoms with E-state index in [1.165, 1.54) is 22.7 Å². The van der Waals surface area contributed by atoms with Crippen molar-refractivity contribution in [3.05, 3.63) is 64.4 Å². The number of carbonyl (C=O) groups is 1. The van der Waals surface area contributed by atoms with Gasteiger partial charge in [0.2, 0.25) is 5.88 Å². The number of nitrogens with zero attached hydrogens (tertiary/aromatic N) is 2. The number of amides is 1. The van der Waals surface area contributed by atoms with Crippen molar-refractivity contribution in [2.24, 2.45) is 5.92 Å². The molecule has 3 aromatic rings. The molecule has 3 atom stereocenters. The lowest BCUT2D eigenvalue weighted by Crippen LogP contribution is -2.39. The normalized spacial score (nSPS) is 22.3. The molecule has 32 heavy (non-hydrogen) atoms. The third-order valence-corrected chi connectivity index (χ3v) is 6.70. The van der Waals surface area contributed by atoms with E-state index in [2.05, 4.69) is 15.7 Å². The molecule has 1 saturated heterocycles. The Balaban J connectivity index is 1.43. The summed E-state index contributed by atoms with van der Waals surface area (Å²) in [7, 11) is 0. The number of halogens is 2. The van der Waals surface area contributed by atoms with Gasteiger partial charge in [0.15, 0.2) is 0 Å². The van der Waals surface area contributed by atoms with Crippen LogP contribution in [0.4, 0.5) is 8.78 Å². The lowest BCUT2D eigenvalue weighted by molar-refractivity contribution is 0.0929. The fraction of sp³-hybridized carbons (Fsp3) is 0.417. The van der Waals surface area contributed by atoms with Crippen molar-refractivity contribution in [1.29, 1.82) is 0 Å². The van der Waals surface area contributed by atoms with E-state index in [4.69, 9.17) is 4.74 Å². The molecule has 1 saturated carbocycles. The van der Waals surface area contributed by atoms with Gasteiger partial charge in [0.1, 0.15) is 18.2 Å². The topological polar surface area (TPSA) is 67.7 Å². The molecule has 3 unspecified atom stereocenters. The average Bonchev–Trinajstić information content (AvgIpc) is 3.43. The number of ether oxygens (including phenoxy) is 1. The van der Waals surface area contributed by atoms with E-state index in [0.29, 0.717) is 34.6 Å². The van der Waals surface area contributed by atoms with Gasteiger partial charge in [-0.25, -0.2) is 8.78 Å². The lowest BCUT2D eigenvalue weighted by atomic mass is 9.99.